The van der Waals surface area contributed by atoms with Crippen molar-refractivity contribution in [1.29, 1.82) is 0 Å². The number of carbonyl (C=O) groups excluding carboxylic acids is 1. The van der Waals surface area contributed by atoms with Gasteiger partial charge in [0.25, 0.3) is 0 Å². The van der Waals surface area contributed by atoms with E-state index in [9.17, 15) is 4.79 Å². The number of nitrogens with zero attached hydrogens (tertiary/aromatic N) is 3. The van der Waals surface area contributed by atoms with E-state index in [0.29, 0.717) is 11.4 Å². The van der Waals surface area contributed by atoms with Gasteiger partial charge < -0.3 is 10.1 Å². The first-order chi connectivity index (χ1) is 8.28. The van der Waals surface area contributed by atoms with Crippen LogP contribution in [0.4, 0.5) is 5.69 Å². The van der Waals surface area contributed by atoms with Gasteiger partial charge in [-0.25, -0.2) is 4.68 Å². The third kappa shape index (κ3) is 3.04. The maximum atomic E-state index is 11.6. The summed E-state index contributed by atoms with van der Waals surface area (Å²) >= 11 is 0. The van der Waals surface area contributed by atoms with Crippen molar-refractivity contribution in [2.75, 3.05) is 12.4 Å². The molecule has 0 saturated carbocycles. The second kappa shape index (κ2) is 5.11. The Labute approximate surface area is 98.2 Å². The highest BCUT2D eigenvalue weighted by Crippen LogP contribution is 2.16. The van der Waals surface area contributed by atoms with Gasteiger partial charge in [-0.15, -0.1) is 5.10 Å². The molecule has 6 heteroatoms. The average molecular weight is 232 g/mol. The highest BCUT2D eigenvalue weighted by molar-refractivity contribution is 5.90. The number of hydrogen-bond acceptors (Lipinski definition) is 4. The van der Waals surface area contributed by atoms with E-state index in [1.165, 1.54) is 10.9 Å². The van der Waals surface area contributed by atoms with Crippen LogP contribution < -0.4 is 10.1 Å². The molecule has 2 aromatic rings. The molecule has 6 nitrogen and oxygen atoms in total. The van der Waals surface area contributed by atoms with Crippen molar-refractivity contribution in [2.24, 2.45) is 0 Å². The molecule has 17 heavy (non-hydrogen) atoms. The quantitative estimate of drug-likeness (QED) is 0.851. The van der Waals surface area contributed by atoms with Crippen molar-refractivity contribution in [3.05, 3.63) is 36.7 Å². The second-order valence-corrected chi connectivity index (χ2v) is 3.38. The maximum Gasteiger partial charge on any atom is 0.246 e. The molecule has 0 aliphatic heterocycles. The Morgan fingerprint density at radius 3 is 3.12 bits per heavy atom. The summed E-state index contributed by atoms with van der Waals surface area (Å²) in [4.78, 5) is 11.6. The summed E-state index contributed by atoms with van der Waals surface area (Å²) in [6.07, 6.45) is 3.16. The molecule has 0 aliphatic rings. The zero-order valence-corrected chi connectivity index (χ0v) is 9.33. The van der Waals surface area contributed by atoms with E-state index < -0.39 is 0 Å². The van der Waals surface area contributed by atoms with Gasteiger partial charge in [0.1, 0.15) is 12.3 Å². The number of carbonyl (C=O) groups is 1. The second-order valence-electron chi connectivity index (χ2n) is 3.38. The first-order valence-electron chi connectivity index (χ1n) is 5.06. The molecule has 0 spiro atoms. The molecule has 1 aromatic heterocycles. The molecular weight excluding hydrogens is 220 g/mol. The van der Waals surface area contributed by atoms with Gasteiger partial charge in [0.05, 0.1) is 13.3 Å². The predicted octanol–water partition coefficient (Wildman–Crippen LogP) is 0.925. The van der Waals surface area contributed by atoms with Crippen molar-refractivity contribution >= 4 is 11.6 Å². The average Bonchev–Trinajstić information content (AvgIpc) is 2.82. The number of rotatable bonds is 4. The van der Waals surface area contributed by atoms with Gasteiger partial charge in [-0.3, -0.25) is 4.79 Å². The van der Waals surface area contributed by atoms with Crippen molar-refractivity contribution < 1.29 is 9.53 Å². The molecule has 88 valence electrons. The van der Waals surface area contributed by atoms with Gasteiger partial charge in [-0.2, -0.15) is 0 Å². The van der Waals surface area contributed by atoms with Gasteiger partial charge in [-0.1, -0.05) is 11.3 Å². The van der Waals surface area contributed by atoms with Crippen molar-refractivity contribution in [3.63, 3.8) is 0 Å². The Morgan fingerprint density at radius 2 is 2.41 bits per heavy atom. The van der Waals surface area contributed by atoms with Gasteiger partial charge in [0, 0.05) is 18.0 Å². The molecule has 0 saturated heterocycles. The van der Waals surface area contributed by atoms with Crippen molar-refractivity contribution in [2.45, 2.75) is 6.54 Å². The molecule has 0 unspecified atom stereocenters. The van der Waals surface area contributed by atoms with Crippen LogP contribution in [-0.2, 0) is 11.3 Å². The Hall–Kier alpha value is -2.37. The number of ether oxygens (including phenoxy) is 1. The fourth-order valence-electron chi connectivity index (χ4n) is 1.37. The predicted molar refractivity (Wildman–Crippen MR) is 61.6 cm³/mol. The van der Waals surface area contributed by atoms with Crippen LogP contribution in [0.3, 0.4) is 0 Å². The van der Waals surface area contributed by atoms with Crippen LogP contribution in [0.15, 0.2) is 36.7 Å². The van der Waals surface area contributed by atoms with E-state index >= 15 is 0 Å². The van der Waals surface area contributed by atoms with E-state index in [-0.39, 0.29) is 12.5 Å². The summed E-state index contributed by atoms with van der Waals surface area (Å²) < 4.78 is 6.52. The van der Waals surface area contributed by atoms with Crippen LogP contribution >= 0.6 is 0 Å². The molecule has 1 aromatic carbocycles. The Balaban J connectivity index is 1.98. The third-order valence-corrected chi connectivity index (χ3v) is 2.13. The van der Waals surface area contributed by atoms with Gasteiger partial charge >= 0.3 is 0 Å². The molecular formula is C11H12N4O2. The minimum absolute atomic E-state index is 0.136. The van der Waals surface area contributed by atoms with E-state index in [2.05, 4.69) is 15.6 Å². The molecule has 0 fully saturated rings. The summed E-state index contributed by atoms with van der Waals surface area (Å²) in [5.41, 5.74) is 0.689. The molecule has 0 aliphatic carbocycles. The lowest BCUT2D eigenvalue weighted by molar-refractivity contribution is -0.116. The maximum absolute atomic E-state index is 11.6. The SMILES string of the molecule is COc1cccc(NC(=O)Cn2ccnn2)c1. The van der Waals surface area contributed by atoms with Gasteiger partial charge in [-0.05, 0) is 12.1 Å². The van der Waals surface area contributed by atoms with Crippen LogP contribution in [0.5, 0.6) is 5.75 Å². The highest BCUT2D eigenvalue weighted by atomic mass is 16.5. The number of benzene rings is 1. The number of anilines is 1. The molecule has 0 radical (unpaired) electrons. The highest BCUT2D eigenvalue weighted by Gasteiger charge is 2.04. The minimum atomic E-state index is -0.163. The Kier molecular flexibility index (Phi) is 3.34. The molecule has 1 heterocycles. The first-order valence-corrected chi connectivity index (χ1v) is 5.06. The van der Waals surface area contributed by atoms with Crippen LogP contribution in [-0.4, -0.2) is 28.0 Å². The van der Waals surface area contributed by atoms with Crippen LogP contribution in [0.25, 0.3) is 0 Å². The molecule has 0 bridgehead atoms. The van der Waals surface area contributed by atoms with Crippen LogP contribution in [0.1, 0.15) is 0 Å². The van der Waals surface area contributed by atoms with Crippen molar-refractivity contribution in [1.82, 2.24) is 15.0 Å². The fraction of sp³-hybridized carbons (Fsp3) is 0.182. The number of aromatic nitrogens is 3. The Bertz CT molecular complexity index is 496. The summed E-state index contributed by atoms with van der Waals surface area (Å²) in [5, 5.41) is 10.1. The van der Waals surface area contributed by atoms with Crippen molar-refractivity contribution in [3.8, 4) is 5.75 Å². The standard InChI is InChI=1S/C11H12N4O2/c1-17-10-4-2-3-9(7-10)13-11(16)8-15-6-5-12-14-15/h2-7H,8H2,1H3,(H,13,16). The molecule has 0 atom stereocenters. The largest absolute Gasteiger partial charge is 0.497 e. The van der Waals surface area contributed by atoms with E-state index in [0.717, 1.165) is 0 Å². The number of methoxy groups -OCH3 is 1. The molecule has 1 amide bonds. The monoisotopic (exact) mass is 232 g/mol. The molecule has 1 N–H and O–H groups in total. The lowest BCUT2D eigenvalue weighted by Crippen LogP contribution is -2.19. The number of nitrogens with one attached hydrogen (secondary N) is 1. The minimum Gasteiger partial charge on any atom is -0.497 e. The Morgan fingerprint density at radius 1 is 1.53 bits per heavy atom. The topological polar surface area (TPSA) is 69.0 Å². The summed E-state index contributed by atoms with van der Waals surface area (Å²) in [6.45, 7) is 0.136. The van der Waals surface area contributed by atoms with Crippen LogP contribution in [0, 0.1) is 0 Å². The van der Waals surface area contributed by atoms with E-state index in [1.54, 1.807) is 25.4 Å². The lowest BCUT2D eigenvalue weighted by Gasteiger charge is -2.06. The van der Waals surface area contributed by atoms with Gasteiger partial charge in [0.2, 0.25) is 5.91 Å². The normalized spacial score (nSPS) is 9.94. The zero-order valence-electron chi connectivity index (χ0n) is 9.33. The smallest absolute Gasteiger partial charge is 0.246 e. The zero-order chi connectivity index (χ0) is 12.1. The van der Waals surface area contributed by atoms with Gasteiger partial charge in [0.15, 0.2) is 0 Å². The molecule has 2 rings (SSSR count). The summed E-state index contributed by atoms with van der Waals surface area (Å²) in [6, 6.07) is 7.16. The number of amides is 1. The summed E-state index contributed by atoms with van der Waals surface area (Å²) in [7, 11) is 1.58. The number of hydrogen-bond donors (Lipinski definition) is 1. The van der Waals surface area contributed by atoms with Crippen LogP contribution in [0.2, 0.25) is 0 Å². The lowest BCUT2D eigenvalue weighted by atomic mass is 10.3. The van der Waals surface area contributed by atoms with E-state index in [1.807, 2.05) is 12.1 Å². The summed E-state index contributed by atoms with van der Waals surface area (Å²) in [5.74, 6) is 0.535. The van der Waals surface area contributed by atoms with E-state index in [4.69, 9.17) is 4.74 Å². The third-order valence-electron chi connectivity index (χ3n) is 2.13. The fourth-order valence-corrected chi connectivity index (χ4v) is 1.37. The first kappa shape index (κ1) is 11.1.